The lowest BCUT2D eigenvalue weighted by atomic mass is 9.93. The minimum Gasteiger partial charge on any atom is -0.493 e. The largest absolute Gasteiger partial charge is 0.493 e. The molecule has 1 N–H and O–H groups in total. The molecular formula is C36H44N4O4. The molecule has 8 nitrogen and oxygen atoms in total. The Morgan fingerprint density at radius 3 is 2.41 bits per heavy atom. The third-order valence-electron chi connectivity index (χ3n) is 8.57. The quantitative estimate of drug-likeness (QED) is 0.167. The number of nitrogens with one attached hydrogen (secondary N) is 1. The lowest BCUT2D eigenvalue weighted by Gasteiger charge is -2.35. The Labute approximate surface area is 260 Å². The van der Waals surface area contributed by atoms with Crippen molar-refractivity contribution in [3.05, 3.63) is 89.7 Å². The van der Waals surface area contributed by atoms with Crippen LogP contribution in [0.15, 0.2) is 72.8 Å². The number of fused-ring (bicyclic) bond motifs is 1. The van der Waals surface area contributed by atoms with Crippen LogP contribution in [0, 0.1) is 0 Å². The molecule has 2 amide bonds. The predicted molar refractivity (Wildman–Crippen MR) is 173 cm³/mol. The number of hydrogen-bond donors (Lipinski definition) is 1. The average Bonchev–Trinajstić information content (AvgIpc) is 3.42. The Balaban J connectivity index is 1.19. The number of methoxy groups -OCH3 is 2. The van der Waals surface area contributed by atoms with Gasteiger partial charge in [-0.05, 0) is 61.6 Å². The number of carbonyl (C=O) groups excluding carboxylic acids is 2. The molecule has 0 saturated heterocycles. The number of unbranched alkanes of at least 4 members (excludes halogenated alkanes) is 2. The van der Waals surface area contributed by atoms with Gasteiger partial charge in [0.25, 0.3) is 5.91 Å². The molecule has 1 saturated carbocycles. The summed E-state index contributed by atoms with van der Waals surface area (Å²) >= 11 is 0. The van der Waals surface area contributed by atoms with Gasteiger partial charge in [-0.25, -0.2) is 4.98 Å². The first-order valence-corrected chi connectivity index (χ1v) is 15.8. The average molecular weight is 597 g/mol. The molecule has 5 rings (SSSR count). The highest BCUT2D eigenvalue weighted by Crippen LogP contribution is 2.28. The van der Waals surface area contributed by atoms with E-state index >= 15 is 0 Å². The van der Waals surface area contributed by atoms with Gasteiger partial charge in [0.2, 0.25) is 5.91 Å². The molecule has 0 radical (unpaired) electrons. The van der Waals surface area contributed by atoms with Crippen LogP contribution in [0.1, 0.15) is 73.1 Å². The number of ether oxygens (including phenoxy) is 2. The first-order valence-electron chi connectivity index (χ1n) is 15.8. The van der Waals surface area contributed by atoms with E-state index in [0.29, 0.717) is 36.7 Å². The zero-order valence-corrected chi connectivity index (χ0v) is 26.0. The van der Waals surface area contributed by atoms with Gasteiger partial charge in [0, 0.05) is 31.1 Å². The Bertz CT molecular complexity index is 1530. The number of rotatable bonds is 14. The second kappa shape index (κ2) is 15.4. The first-order chi connectivity index (χ1) is 21.6. The van der Waals surface area contributed by atoms with Gasteiger partial charge in [-0.1, -0.05) is 68.1 Å². The van der Waals surface area contributed by atoms with E-state index in [-0.39, 0.29) is 17.9 Å². The maximum atomic E-state index is 14.0. The molecule has 0 unspecified atom stereocenters. The summed E-state index contributed by atoms with van der Waals surface area (Å²) in [6, 6.07) is 23.9. The summed E-state index contributed by atoms with van der Waals surface area (Å²) < 4.78 is 12.7. The van der Waals surface area contributed by atoms with E-state index < -0.39 is 0 Å². The zero-order valence-electron chi connectivity index (χ0n) is 26.0. The molecule has 232 valence electrons. The van der Waals surface area contributed by atoms with Gasteiger partial charge in [-0.15, -0.1) is 0 Å². The van der Waals surface area contributed by atoms with Crippen molar-refractivity contribution in [2.45, 2.75) is 76.9 Å². The van der Waals surface area contributed by atoms with Crippen LogP contribution in [0.5, 0.6) is 11.5 Å². The summed E-state index contributed by atoms with van der Waals surface area (Å²) in [6.07, 6.45) is 9.22. The number of hydrogen-bond acceptors (Lipinski definition) is 5. The van der Waals surface area contributed by atoms with Crippen LogP contribution >= 0.6 is 0 Å². The van der Waals surface area contributed by atoms with Crippen molar-refractivity contribution in [3.63, 3.8) is 0 Å². The number of nitrogens with zero attached hydrogens (tertiary/aromatic N) is 3. The highest BCUT2D eigenvalue weighted by molar-refractivity contribution is 5.94. The van der Waals surface area contributed by atoms with E-state index in [0.717, 1.165) is 55.4 Å². The molecule has 1 aromatic heterocycles. The van der Waals surface area contributed by atoms with E-state index in [1.807, 2.05) is 36.4 Å². The Hall–Kier alpha value is -4.33. The summed E-state index contributed by atoms with van der Waals surface area (Å²) in [7, 11) is 3.13. The Morgan fingerprint density at radius 2 is 1.64 bits per heavy atom. The van der Waals surface area contributed by atoms with E-state index in [9.17, 15) is 9.59 Å². The minimum atomic E-state index is -0.135. The molecule has 0 aliphatic heterocycles. The molecule has 1 heterocycles. The zero-order chi connectivity index (χ0) is 30.7. The molecule has 0 atom stereocenters. The second-order valence-corrected chi connectivity index (χ2v) is 11.5. The molecule has 8 heteroatoms. The standard InChI is InChI=1S/C36H44N4O4/c1-43-32-22-21-28(24-33(32)44-2)36(42)37-23-13-5-10-20-34-38-30-18-11-12-19-31(30)40(34)26-35(41)39(29-16-8-4-9-17-29)25-27-14-6-3-7-15-27/h3,6-7,11-12,14-15,18-19,21-22,24,29H,4-5,8-10,13,16-17,20,23,25-26H2,1-2H3,(H,37,42). The molecule has 1 fully saturated rings. The summed E-state index contributed by atoms with van der Waals surface area (Å²) in [4.78, 5) is 33.7. The molecule has 0 spiro atoms. The number of para-hydroxylation sites is 2. The van der Waals surface area contributed by atoms with Crippen molar-refractivity contribution in [3.8, 4) is 11.5 Å². The topological polar surface area (TPSA) is 85.7 Å². The fourth-order valence-corrected chi connectivity index (χ4v) is 6.18. The van der Waals surface area contributed by atoms with Gasteiger partial charge in [-0.2, -0.15) is 0 Å². The van der Waals surface area contributed by atoms with Crippen molar-refractivity contribution < 1.29 is 19.1 Å². The Kier molecular flexibility index (Phi) is 10.9. The molecule has 1 aliphatic rings. The number of imidazole rings is 1. The summed E-state index contributed by atoms with van der Waals surface area (Å²) in [6.45, 7) is 1.51. The van der Waals surface area contributed by atoms with Gasteiger partial charge in [0.15, 0.2) is 11.5 Å². The first kappa shape index (κ1) is 31.1. The van der Waals surface area contributed by atoms with Crippen LogP contribution in [-0.4, -0.2) is 53.1 Å². The van der Waals surface area contributed by atoms with Crippen LogP contribution in [-0.2, 0) is 24.3 Å². The van der Waals surface area contributed by atoms with Crippen molar-refractivity contribution in [2.24, 2.45) is 0 Å². The lowest BCUT2D eigenvalue weighted by molar-refractivity contribution is -0.135. The van der Waals surface area contributed by atoms with Crippen LogP contribution in [0.3, 0.4) is 0 Å². The third-order valence-corrected chi connectivity index (χ3v) is 8.57. The summed E-state index contributed by atoms with van der Waals surface area (Å²) in [5.41, 5.74) is 3.63. The molecule has 44 heavy (non-hydrogen) atoms. The van der Waals surface area contributed by atoms with Crippen molar-refractivity contribution in [1.29, 1.82) is 0 Å². The molecule has 3 aromatic carbocycles. The smallest absolute Gasteiger partial charge is 0.251 e. The lowest BCUT2D eigenvalue weighted by Crippen LogP contribution is -2.42. The number of amides is 2. The van der Waals surface area contributed by atoms with E-state index in [1.165, 1.54) is 24.8 Å². The van der Waals surface area contributed by atoms with Crippen LogP contribution < -0.4 is 14.8 Å². The second-order valence-electron chi connectivity index (χ2n) is 11.5. The molecule has 1 aliphatic carbocycles. The SMILES string of the molecule is COc1ccc(C(=O)NCCCCCc2nc3ccccc3n2CC(=O)N(Cc2ccccc2)C2CCCCC2)cc1OC. The fourth-order valence-electron chi connectivity index (χ4n) is 6.18. The normalized spacial score (nSPS) is 13.5. The number of aryl methyl sites for hydroxylation is 1. The van der Waals surface area contributed by atoms with Crippen molar-refractivity contribution in [1.82, 2.24) is 19.8 Å². The van der Waals surface area contributed by atoms with Crippen LogP contribution in [0.25, 0.3) is 11.0 Å². The van der Waals surface area contributed by atoms with Gasteiger partial charge < -0.3 is 24.3 Å². The van der Waals surface area contributed by atoms with Crippen molar-refractivity contribution in [2.75, 3.05) is 20.8 Å². The monoisotopic (exact) mass is 596 g/mol. The minimum absolute atomic E-state index is 0.135. The number of carbonyl (C=O) groups is 2. The van der Waals surface area contributed by atoms with Gasteiger partial charge in [0.05, 0.1) is 25.3 Å². The third kappa shape index (κ3) is 7.78. The molecule has 4 aromatic rings. The van der Waals surface area contributed by atoms with E-state index in [2.05, 4.69) is 33.0 Å². The van der Waals surface area contributed by atoms with Gasteiger partial charge in [-0.3, -0.25) is 9.59 Å². The molecule has 0 bridgehead atoms. The maximum absolute atomic E-state index is 14.0. The number of benzene rings is 3. The molecular weight excluding hydrogens is 552 g/mol. The van der Waals surface area contributed by atoms with Gasteiger partial charge in [0.1, 0.15) is 12.4 Å². The van der Waals surface area contributed by atoms with Crippen LogP contribution in [0.2, 0.25) is 0 Å². The number of aromatic nitrogens is 2. The van der Waals surface area contributed by atoms with Gasteiger partial charge >= 0.3 is 0 Å². The van der Waals surface area contributed by atoms with Crippen LogP contribution in [0.4, 0.5) is 0 Å². The van der Waals surface area contributed by atoms with Crippen molar-refractivity contribution >= 4 is 22.8 Å². The maximum Gasteiger partial charge on any atom is 0.251 e. The Morgan fingerprint density at radius 1 is 0.886 bits per heavy atom. The fraction of sp³-hybridized carbons (Fsp3) is 0.417. The highest BCUT2D eigenvalue weighted by Gasteiger charge is 2.27. The van der Waals surface area contributed by atoms with E-state index in [1.54, 1.807) is 32.4 Å². The highest BCUT2D eigenvalue weighted by atomic mass is 16.5. The summed E-state index contributed by atoms with van der Waals surface area (Å²) in [5.74, 6) is 2.09. The van der Waals surface area contributed by atoms with E-state index in [4.69, 9.17) is 14.5 Å². The predicted octanol–water partition coefficient (Wildman–Crippen LogP) is 6.56. The summed E-state index contributed by atoms with van der Waals surface area (Å²) in [5, 5.41) is 3.00.